The number of carbonyl (C=O) groups excluding carboxylic acids is 2. The van der Waals surface area contributed by atoms with Crippen LogP contribution in [0.3, 0.4) is 0 Å². The summed E-state index contributed by atoms with van der Waals surface area (Å²) in [7, 11) is 0. The number of esters is 1. The van der Waals surface area contributed by atoms with Gasteiger partial charge in [-0.25, -0.2) is 4.79 Å². The fourth-order valence-electron chi connectivity index (χ4n) is 3.29. The van der Waals surface area contributed by atoms with Crippen molar-refractivity contribution in [3.8, 4) is 11.6 Å². The second-order valence-electron chi connectivity index (χ2n) is 7.35. The van der Waals surface area contributed by atoms with Crippen LogP contribution in [0.25, 0.3) is 11.6 Å². The summed E-state index contributed by atoms with van der Waals surface area (Å²) in [5.74, 6) is 1.28. The first-order valence-electron chi connectivity index (χ1n) is 9.82. The van der Waals surface area contributed by atoms with Gasteiger partial charge in [-0.15, -0.1) is 10.2 Å². The van der Waals surface area contributed by atoms with Gasteiger partial charge in [-0.3, -0.25) is 9.36 Å². The van der Waals surface area contributed by atoms with Gasteiger partial charge in [-0.1, -0.05) is 25.6 Å². The van der Waals surface area contributed by atoms with Gasteiger partial charge in [-0.05, 0) is 44.4 Å². The van der Waals surface area contributed by atoms with Gasteiger partial charge in [0, 0.05) is 17.8 Å². The van der Waals surface area contributed by atoms with Crippen LogP contribution in [0.4, 0.5) is 0 Å². The molecule has 30 heavy (non-hydrogen) atoms. The number of ketones is 1. The number of nitrogens with one attached hydrogen (secondary N) is 1. The normalized spacial score (nSPS) is 11.3. The number of rotatable bonds is 9. The van der Waals surface area contributed by atoms with Gasteiger partial charge >= 0.3 is 5.97 Å². The molecule has 0 saturated carbocycles. The number of carbonyl (C=O) groups is 2. The van der Waals surface area contributed by atoms with Crippen LogP contribution in [-0.4, -0.2) is 43.9 Å². The van der Waals surface area contributed by atoms with Crippen LogP contribution in [0.2, 0.25) is 0 Å². The molecule has 0 amide bonds. The fraction of sp³-hybridized carbons (Fsp3) is 0.429. The zero-order valence-electron chi connectivity index (χ0n) is 17.8. The van der Waals surface area contributed by atoms with Gasteiger partial charge < -0.3 is 14.1 Å². The maximum atomic E-state index is 13.0. The van der Waals surface area contributed by atoms with Gasteiger partial charge in [0.25, 0.3) is 0 Å². The van der Waals surface area contributed by atoms with E-state index in [0.29, 0.717) is 51.7 Å². The maximum Gasteiger partial charge on any atom is 0.355 e. The van der Waals surface area contributed by atoms with E-state index in [-0.39, 0.29) is 18.1 Å². The molecule has 3 heterocycles. The highest BCUT2D eigenvalue weighted by molar-refractivity contribution is 7.99. The first kappa shape index (κ1) is 21.9. The number of aryl methyl sites for hydroxylation is 1. The second-order valence-corrected chi connectivity index (χ2v) is 8.29. The van der Waals surface area contributed by atoms with Gasteiger partial charge in [0.1, 0.15) is 5.69 Å². The molecule has 0 aliphatic heterocycles. The summed E-state index contributed by atoms with van der Waals surface area (Å²) in [6.45, 7) is 10.5. The van der Waals surface area contributed by atoms with Crippen molar-refractivity contribution in [3.05, 3.63) is 40.9 Å². The largest absolute Gasteiger partial charge is 0.461 e. The maximum absolute atomic E-state index is 13.0. The molecular weight excluding hydrogens is 404 g/mol. The Kier molecular flexibility index (Phi) is 6.81. The number of thioether (sulfide) groups is 1. The number of aromatic amines is 1. The topological polar surface area (TPSA) is 103 Å². The van der Waals surface area contributed by atoms with Gasteiger partial charge in [-0.2, -0.15) is 0 Å². The molecule has 0 aromatic carbocycles. The molecule has 8 nitrogen and oxygen atoms in total. The number of ether oxygens (including phenoxy) is 1. The Morgan fingerprint density at radius 1 is 1.30 bits per heavy atom. The molecule has 0 saturated heterocycles. The van der Waals surface area contributed by atoms with E-state index in [4.69, 9.17) is 9.15 Å². The number of furan rings is 1. The minimum absolute atomic E-state index is 0.0829. The van der Waals surface area contributed by atoms with Crippen molar-refractivity contribution < 1.29 is 18.7 Å². The van der Waals surface area contributed by atoms with Crippen LogP contribution in [0.5, 0.6) is 0 Å². The van der Waals surface area contributed by atoms with Crippen molar-refractivity contribution in [3.63, 3.8) is 0 Å². The highest BCUT2D eigenvalue weighted by atomic mass is 32.2. The Bertz CT molecular complexity index is 1030. The first-order valence-corrected chi connectivity index (χ1v) is 10.8. The molecule has 3 aromatic rings. The van der Waals surface area contributed by atoms with Crippen molar-refractivity contribution in [2.75, 3.05) is 12.4 Å². The van der Waals surface area contributed by atoms with E-state index in [2.05, 4.69) is 29.0 Å². The van der Waals surface area contributed by atoms with Crippen molar-refractivity contribution in [1.82, 2.24) is 19.7 Å². The molecule has 3 rings (SSSR count). The summed E-state index contributed by atoms with van der Waals surface area (Å²) in [4.78, 5) is 28.0. The molecule has 0 aliphatic rings. The van der Waals surface area contributed by atoms with E-state index in [0.717, 1.165) is 0 Å². The predicted octanol–water partition coefficient (Wildman–Crippen LogP) is 4.29. The van der Waals surface area contributed by atoms with Crippen LogP contribution in [0.15, 0.2) is 28.0 Å². The van der Waals surface area contributed by atoms with Crippen LogP contribution < -0.4 is 0 Å². The van der Waals surface area contributed by atoms with Crippen molar-refractivity contribution in [2.45, 2.75) is 46.3 Å². The monoisotopic (exact) mass is 430 g/mol. The summed E-state index contributed by atoms with van der Waals surface area (Å²) in [5, 5.41) is 9.19. The lowest BCUT2D eigenvalue weighted by atomic mass is 10.1. The van der Waals surface area contributed by atoms with Crippen molar-refractivity contribution >= 4 is 23.5 Å². The molecule has 0 aliphatic carbocycles. The number of nitrogens with zero attached hydrogens (tertiary/aromatic N) is 3. The molecule has 9 heteroatoms. The third-order valence-electron chi connectivity index (χ3n) is 4.53. The molecule has 160 valence electrons. The van der Waals surface area contributed by atoms with Crippen molar-refractivity contribution in [2.24, 2.45) is 5.92 Å². The molecule has 0 fully saturated rings. The third kappa shape index (κ3) is 4.51. The van der Waals surface area contributed by atoms with E-state index in [1.165, 1.54) is 11.8 Å². The highest BCUT2D eigenvalue weighted by Gasteiger charge is 2.24. The lowest BCUT2D eigenvalue weighted by molar-refractivity contribution is 0.0519. The molecule has 0 atom stereocenters. The van der Waals surface area contributed by atoms with Crippen LogP contribution in [0, 0.1) is 19.8 Å². The predicted molar refractivity (Wildman–Crippen MR) is 114 cm³/mol. The quantitative estimate of drug-likeness (QED) is 0.307. The van der Waals surface area contributed by atoms with E-state index >= 15 is 0 Å². The summed E-state index contributed by atoms with van der Waals surface area (Å²) < 4.78 is 12.5. The summed E-state index contributed by atoms with van der Waals surface area (Å²) in [6.07, 6.45) is 1.60. The Balaban J connectivity index is 1.81. The van der Waals surface area contributed by atoms with Crippen molar-refractivity contribution in [1.29, 1.82) is 0 Å². The zero-order chi connectivity index (χ0) is 21.8. The summed E-state index contributed by atoms with van der Waals surface area (Å²) in [5.41, 5.74) is 2.11. The third-order valence-corrected chi connectivity index (χ3v) is 5.50. The Labute approximate surface area is 179 Å². The summed E-state index contributed by atoms with van der Waals surface area (Å²) >= 11 is 1.32. The number of hydrogen-bond donors (Lipinski definition) is 1. The summed E-state index contributed by atoms with van der Waals surface area (Å²) in [6, 6.07) is 3.64. The van der Waals surface area contributed by atoms with Crippen LogP contribution in [-0.2, 0) is 11.3 Å². The van der Waals surface area contributed by atoms with E-state index in [1.807, 2.05) is 10.6 Å². The van der Waals surface area contributed by atoms with Crippen LogP contribution >= 0.6 is 11.8 Å². The Morgan fingerprint density at radius 3 is 2.70 bits per heavy atom. The van der Waals surface area contributed by atoms with Crippen LogP contribution in [0.1, 0.15) is 52.9 Å². The smallest absolute Gasteiger partial charge is 0.355 e. The molecule has 0 radical (unpaired) electrons. The first-order chi connectivity index (χ1) is 14.3. The lowest BCUT2D eigenvalue weighted by Crippen LogP contribution is -2.10. The number of aromatic nitrogens is 4. The number of H-pyrrole nitrogens is 1. The minimum Gasteiger partial charge on any atom is -0.461 e. The zero-order valence-corrected chi connectivity index (χ0v) is 18.6. The molecular formula is C21H26N4O4S. The number of hydrogen-bond acceptors (Lipinski definition) is 7. The van der Waals surface area contributed by atoms with E-state index in [1.54, 1.807) is 33.1 Å². The van der Waals surface area contributed by atoms with Gasteiger partial charge in [0.2, 0.25) is 0 Å². The lowest BCUT2D eigenvalue weighted by Gasteiger charge is -2.11. The average molecular weight is 431 g/mol. The molecule has 3 aromatic heterocycles. The van der Waals surface area contributed by atoms with E-state index in [9.17, 15) is 9.59 Å². The Hall–Kier alpha value is -2.81. The fourth-order valence-corrected chi connectivity index (χ4v) is 4.11. The molecule has 0 spiro atoms. The van der Waals surface area contributed by atoms with Gasteiger partial charge in [0.15, 0.2) is 22.5 Å². The number of Topliss-reactive ketones (excluding diaryl/α,β-unsaturated/α-hetero) is 1. The van der Waals surface area contributed by atoms with Gasteiger partial charge in [0.05, 0.1) is 18.6 Å². The average Bonchev–Trinajstić information content (AvgIpc) is 3.39. The molecule has 0 unspecified atom stereocenters. The SMILES string of the molecule is CCOC(=O)c1[nH]c(C)c(C(=O)CSc2nnc(-c3ccco3)n2CC(C)C)c1C. The molecule has 1 N–H and O–H groups in total. The minimum atomic E-state index is -0.454. The Morgan fingerprint density at radius 2 is 2.07 bits per heavy atom. The highest BCUT2D eigenvalue weighted by Crippen LogP contribution is 2.27. The van der Waals surface area contributed by atoms with E-state index < -0.39 is 5.97 Å². The standard InChI is InChI=1S/C21H26N4O4S/c1-6-28-20(27)18-13(4)17(14(5)22-18)15(26)11-30-21-24-23-19(16-8-7-9-29-16)25(21)10-12(2)3/h7-9,12,22H,6,10-11H2,1-5H3. The second kappa shape index (κ2) is 9.34. The molecule has 0 bridgehead atoms.